The van der Waals surface area contributed by atoms with E-state index in [4.69, 9.17) is 11.2 Å². The van der Waals surface area contributed by atoms with Gasteiger partial charge in [-0.05, 0) is 12.1 Å². The van der Waals surface area contributed by atoms with E-state index in [-0.39, 0.29) is 12.2 Å². The maximum atomic E-state index is 13.3. The van der Waals surface area contributed by atoms with E-state index in [0.29, 0.717) is 15.8 Å². The third-order valence-corrected chi connectivity index (χ3v) is 2.08. The minimum Gasteiger partial charge on any atom is -0.496 e. The first-order valence-electron chi connectivity index (χ1n) is 3.64. The molecule has 3 heteroatoms. The van der Waals surface area contributed by atoms with Gasteiger partial charge in [-0.1, -0.05) is 15.9 Å². The number of methoxy groups -OCH3 is 1. The van der Waals surface area contributed by atoms with Crippen LogP contribution in [0.4, 0.5) is 4.39 Å². The van der Waals surface area contributed by atoms with E-state index in [2.05, 4.69) is 21.9 Å². The van der Waals surface area contributed by atoms with Gasteiger partial charge in [0.15, 0.2) is 0 Å². The predicted octanol–water partition coefficient (Wildman–Crippen LogP) is 2.77. The summed E-state index contributed by atoms with van der Waals surface area (Å²) in [7, 11) is 1.49. The lowest BCUT2D eigenvalue weighted by atomic mass is 10.1. The second kappa shape index (κ2) is 4.29. The van der Waals surface area contributed by atoms with Gasteiger partial charge in [-0.15, -0.1) is 12.3 Å². The molecule has 1 rings (SSSR count). The van der Waals surface area contributed by atoms with Crippen LogP contribution in [-0.2, 0) is 6.42 Å². The first-order chi connectivity index (χ1) is 6.19. The summed E-state index contributed by atoms with van der Waals surface area (Å²) in [5, 5.41) is 0. The van der Waals surface area contributed by atoms with Crippen molar-refractivity contribution in [3.63, 3.8) is 0 Å². The van der Waals surface area contributed by atoms with Crippen LogP contribution in [0.2, 0.25) is 0 Å². The molecule has 68 valence electrons. The fourth-order valence-corrected chi connectivity index (χ4v) is 1.44. The molecule has 0 fully saturated rings. The third kappa shape index (κ3) is 2.22. The smallest absolute Gasteiger partial charge is 0.132 e. The van der Waals surface area contributed by atoms with Crippen molar-refractivity contribution in [3.05, 3.63) is 28.0 Å². The van der Waals surface area contributed by atoms with Crippen molar-refractivity contribution in [2.24, 2.45) is 0 Å². The molecule has 0 aliphatic heterocycles. The maximum absolute atomic E-state index is 13.3. The monoisotopic (exact) mass is 242 g/mol. The van der Waals surface area contributed by atoms with E-state index in [1.807, 2.05) is 0 Å². The number of terminal acetylenes is 1. The molecular weight excluding hydrogens is 235 g/mol. The standard InChI is InChI=1S/C10H8BrFO/c1-3-4-8-9(12)5-7(11)6-10(8)13-2/h1,5-6H,4H2,2H3. The zero-order valence-electron chi connectivity index (χ0n) is 7.10. The highest BCUT2D eigenvalue weighted by Gasteiger charge is 2.09. The molecule has 1 aromatic carbocycles. The lowest BCUT2D eigenvalue weighted by Gasteiger charge is -2.07. The highest BCUT2D eigenvalue weighted by Crippen LogP contribution is 2.26. The zero-order valence-corrected chi connectivity index (χ0v) is 8.69. The average molecular weight is 243 g/mol. The molecule has 13 heavy (non-hydrogen) atoms. The Labute approximate surface area is 85.0 Å². The van der Waals surface area contributed by atoms with E-state index >= 15 is 0 Å². The summed E-state index contributed by atoms with van der Waals surface area (Å²) in [6.07, 6.45) is 5.35. The molecule has 1 nitrogen and oxygen atoms in total. The van der Waals surface area contributed by atoms with Gasteiger partial charge in [-0.25, -0.2) is 4.39 Å². The SMILES string of the molecule is C#CCc1c(F)cc(Br)cc1OC. The Hall–Kier alpha value is -1.01. The average Bonchev–Trinajstić information content (AvgIpc) is 2.09. The molecule has 0 spiro atoms. The fourth-order valence-electron chi connectivity index (χ4n) is 1.04. The van der Waals surface area contributed by atoms with Gasteiger partial charge in [-0.2, -0.15) is 0 Å². The molecule has 0 bridgehead atoms. The molecule has 0 saturated carbocycles. The van der Waals surface area contributed by atoms with E-state index < -0.39 is 0 Å². The molecule has 0 amide bonds. The molecule has 0 N–H and O–H groups in total. The van der Waals surface area contributed by atoms with Crippen molar-refractivity contribution < 1.29 is 9.13 Å². The van der Waals surface area contributed by atoms with Crippen LogP contribution >= 0.6 is 15.9 Å². The molecule has 0 saturated heterocycles. The van der Waals surface area contributed by atoms with Crippen LogP contribution in [0.25, 0.3) is 0 Å². The van der Waals surface area contributed by atoms with Crippen LogP contribution in [0.5, 0.6) is 5.75 Å². The van der Waals surface area contributed by atoms with Gasteiger partial charge in [0, 0.05) is 16.5 Å². The van der Waals surface area contributed by atoms with Gasteiger partial charge in [0.25, 0.3) is 0 Å². The van der Waals surface area contributed by atoms with Gasteiger partial charge >= 0.3 is 0 Å². The largest absolute Gasteiger partial charge is 0.496 e. The number of halogens is 2. The molecular formula is C10H8BrFO. The van der Waals surface area contributed by atoms with Gasteiger partial charge in [0.1, 0.15) is 11.6 Å². The highest BCUT2D eigenvalue weighted by molar-refractivity contribution is 9.10. The quantitative estimate of drug-likeness (QED) is 0.725. The molecule has 1 aromatic rings. The molecule has 0 aliphatic rings. The first-order valence-corrected chi connectivity index (χ1v) is 4.43. The number of rotatable bonds is 2. The zero-order chi connectivity index (χ0) is 9.84. The van der Waals surface area contributed by atoms with Crippen LogP contribution in [0, 0.1) is 18.2 Å². The molecule has 0 aliphatic carbocycles. The first kappa shape index (κ1) is 10.1. The van der Waals surface area contributed by atoms with Crippen molar-refractivity contribution in [2.45, 2.75) is 6.42 Å². The summed E-state index contributed by atoms with van der Waals surface area (Å²) in [4.78, 5) is 0. The van der Waals surface area contributed by atoms with Crippen LogP contribution < -0.4 is 4.74 Å². The summed E-state index contributed by atoms with van der Waals surface area (Å²) in [5.41, 5.74) is 0.424. The van der Waals surface area contributed by atoms with Crippen LogP contribution in [0.1, 0.15) is 5.56 Å². The Morgan fingerprint density at radius 2 is 2.31 bits per heavy atom. The number of hydrogen-bond donors (Lipinski definition) is 0. The molecule has 0 radical (unpaired) electrons. The van der Waals surface area contributed by atoms with E-state index in [9.17, 15) is 4.39 Å². The molecule has 0 atom stereocenters. The fraction of sp³-hybridized carbons (Fsp3) is 0.200. The predicted molar refractivity (Wildman–Crippen MR) is 53.2 cm³/mol. The molecule has 0 heterocycles. The second-order valence-electron chi connectivity index (χ2n) is 2.45. The summed E-state index contributed by atoms with van der Waals surface area (Å²) in [6, 6.07) is 3.06. The Balaban J connectivity index is 3.23. The Morgan fingerprint density at radius 3 is 2.85 bits per heavy atom. The molecule has 0 aromatic heterocycles. The summed E-state index contributed by atoms with van der Waals surface area (Å²) < 4.78 is 18.9. The van der Waals surface area contributed by atoms with E-state index in [1.54, 1.807) is 6.07 Å². The summed E-state index contributed by atoms with van der Waals surface area (Å²) in [5.74, 6) is 2.52. The third-order valence-electron chi connectivity index (χ3n) is 1.62. The van der Waals surface area contributed by atoms with E-state index in [1.165, 1.54) is 13.2 Å². The Kier molecular flexibility index (Phi) is 3.32. The number of benzene rings is 1. The normalized spacial score (nSPS) is 9.38. The summed E-state index contributed by atoms with van der Waals surface area (Å²) >= 11 is 3.17. The Bertz CT molecular complexity index is 355. The second-order valence-corrected chi connectivity index (χ2v) is 3.37. The molecule has 0 unspecified atom stereocenters. The van der Waals surface area contributed by atoms with Crippen molar-refractivity contribution in [3.8, 4) is 18.1 Å². The van der Waals surface area contributed by atoms with Crippen LogP contribution in [0.15, 0.2) is 16.6 Å². The lowest BCUT2D eigenvalue weighted by molar-refractivity contribution is 0.405. The van der Waals surface area contributed by atoms with Crippen LogP contribution in [0.3, 0.4) is 0 Å². The topological polar surface area (TPSA) is 9.23 Å². The van der Waals surface area contributed by atoms with Crippen molar-refractivity contribution in [2.75, 3.05) is 7.11 Å². The van der Waals surface area contributed by atoms with E-state index in [0.717, 1.165) is 0 Å². The van der Waals surface area contributed by atoms with Gasteiger partial charge in [0.05, 0.1) is 7.11 Å². The minimum absolute atomic E-state index is 0.238. The number of ether oxygens (including phenoxy) is 1. The van der Waals surface area contributed by atoms with Crippen molar-refractivity contribution in [1.29, 1.82) is 0 Å². The van der Waals surface area contributed by atoms with Crippen LogP contribution in [-0.4, -0.2) is 7.11 Å². The number of hydrogen-bond acceptors (Lipinski definition) is 1. The van der Waals surface area contributed by atoms with Crippen molar-refractivity contribution in [1.82, 2.24) is 0 Å². The Morgan fingerprint density at radius 1 is 1.62 bits per heavy atom. The maximum Gasteiger partial charge on any atom is 0.132 e. The lowest BCUT2D eigenvalue weighted by Crippen LogP contribution is -1.95. The van der Waals surface area contributed by atoms with Gasteiger partial charge in [0.2, 0.25) is 0 Å². The van der Waals surface area contributed by atoms with Gasteiger partial charge in [-0.3, -0.25) is 0 Å². The van der Waals surface area contributed by atoms with Crippen molar-refractivity contribution >= 4 is 15.9 Å². The summed E-state index contributed by atoms with van der Waals surface area (Å²) in [6.45, 7) is 0. The van der Waals surface area contributed by atoms with Gasteiger partial charge < -0.3 is 4.74 Å². The highest BCUT2D eigenvalue weighted by atomic mass is 79.9. The minimum atomic E-state index is -0.343.